The van der Waals surface area contributed by atoms with Crippen molar-refractivity contribution in [1.29, 1.82) is 0 Å². The van der Waals surface area contributed by atoms with E-state index in [1.165, 1.54) is 6.42 Å². The van der Waals surface area contributed by atoms with E-state index in [0.29, 0.717) is 11.8 Å². The van der Waals surface area contributed by atoms with Crippen LogP contribution in [0.25, 0.3) is 0 Å². The number of rotatable bonds is 6. The topological polar surface area (TPSA) is 12.4 Å². The molecule has 0 amide bonds. The average molecular weight is 219 g/mol. The quantitative estimate of drug-likeness (QED) is 0.450. The molecule has 0 aromatic carbocycles. The van der Waals surface area contributed by atoms with Crippen molar-refractivity contribution in [2.45, 2.75) is 41.0 Å². The molecule has 0 aliphatic heterocycles. The first-order valence-electron chi connectivity index (χ1n) is 6.06. The van der Waals surface area contributed by atoms with Crippen molar-refractivity contribution in [1.82, 2.24) is 0 Å². The van der Waals surface area contributed by atoms with Gasteiger partial charge < -0.3 is 0 Å². The van der Waals surface area contributed by atoms with Crippen LogP contribution >= 0.6 is 0 Å². The van der Waals surface area contributed by atoms with E-state index in [0.717, 1.165) is 11.3 Å². The van der Waals surface area contributed by atoms with Crippen LogP contribution in [0.15, 0.2) is 41.1 Å². The van der Waals surface area contributed by atoms with E-state index in [4.69, 9.17) is 0 Å². The molecular formula is C15H25N. The molecule has 90 valence electrons. The summed E-state index contributed by atoms with van der Waals surface area (Å²) >= 11 is 0. The zero-order chi connectivity index (χ0) is 12.6. The molecule has 0 radical (unpaired) electrons. The standard InChI is InChI=1S/C15H25N/c1-7-12(4)10-15(9-3)16-11-14(6)13(5)8-2/h7,9-11,13-14H,1,8H2,2-6H3/b12-10?,15-9-,16-11?. The molecule has 0 heterocycles. The molecule has 2 unspecified atom stereocenters. The molecular weight excluding hydrogens is 194 g/mol. The van der Waals surface area contributed by atoms with Crippen LogP contribution < -0.4 is 0 Å². The van der Waals surface area contributed by atoms with Crippen LogP contribution in [0.5, 0.6) is 0 Å². The lowest BCUT2D eigenvalue weighted by atomic mass is 9.95. The van der Waals surface area contributed by atoms with E-state index in [1.807, 2.05) is 32.1 Å². The maximum absolute atomic E-state index is 4.51. The lowest BCUT2D eigenvalue weighted by Crippen LogP contribution is -2.07. The Balaban J connectivity index is 4.56. The second kappa shape index (κ2) is 8.09. The van der Waals surface area contributed by atoms with Crippen LogP contribution in [-0.2, 0) is 0 Å². The monoisotopic (exact) mass is 219 g/mol. The first-order chi connectivity index (χ1) is 7.54. The maximum atomic E-state index is 4.51. The van der Waals surface area contributed by atoms with Crippen molar-refractivity contribution in [2.75, 3.05) is 0 Å². The Bertz CT molecular complexity index is 295. The van der Waals surface area contributed by atoms with Gasteiger partial charge in [0.05, 0.1) is 5.70 Å². The number of aliphatic imine (C=N–C) groups is 1. The van der Waals surface area contributed by atoms with Gasteiger partial charge in [0.15, 0.2) is 0 Å². The second-order valence-corrected chi connectivity index (χ2v) is 4.33. The highest BCUT2D eigenvalue weighted by Crippen LogP contribution is 2.13. The molecule has 0 aliphatic rings. The van der Waals surface area contributed by atoms with Gasteiger partial charge in [-0.15, -0.1) is 0 Å². The van der Waals surface area contributed by atoms with Crippen LogP contribution in [0.1, 0.15) is 41.0 Å². The number of nitrogens with zero attached hydrogens (tertiary/aromatic N) is 1. The van der Waals surface area contributed by atoms with E-state index in [9.17, 15) is 0 Å². The van der Waals surface area contributed by atoms with Crippen LogP contribution in [0.2, 0.25) is 0 Å². The summed E-state index contributed by atoms with van der Waals surface area (Å²) in [6, 6.07) is 0. The SMILES string of the molecule is C=CC(C)=C/C(=C/C)N=CC(C)C(C)CC. The van der Waals surface area contributed by atoms with Gasteiger partial charge in [-0.1, -0.05) is 45.9 Å². The van der Waals surface area contributed by atoms with Gasteiger partial charge in [0.25, 0.3) is 0 Å². The third-order valence-electron chi connectivity index (χ3n) is 2.99. The molecule has 0 saturated heterocycles. The number of hydrogen-bond acceptors (Lipinski definition) is 1. The van der Waals surface area contributed by atoms with Gasteiger partial charge in [-0.05, 0) is 37.3 Å². The first-order valence-corrected chi connectivity index (χ1v) is 6.06. The molecule has 2 atom stereocenters. The summed E-state index contributed by atoms with van der Waals surface area (Å²) in [4.78, 5) is 4.51. The Morgan fingerprint density at radius 1 is 1.38 bits per heavy atom. The minimum Gasteiger partial charge on any atom is -0.261 e. The van der Waals surface area contributed by atoms with Gasteiger partial charge in [-0.3, -0.25) is 4.99 Å². The first kappa shape index (κ1) is 14.9. The van der Waals surface area contributed by atoms with Crippen molar-refractivity contribution < 1.29 is 0 Å². The minimum atomic E-state index is 0.525. The molecule has 0 rings (SSSR count). The summed E-state index contributed by atoms with van der Waals surface area (Å²) in [5, 5.41) is 0. The Kier molecular flexibility index (Phi) is 7.53. The summed E-state index contributed by atoms with van der Waals surface area (Å²) in [6.45, 7) is 14.5. The second-order valence-electron chi connectivity index (χ2n) is 4.33. The van der Waals surface area contributed by atoms with Crippen LogP contribution in [0.3, 0.4) is 0 Å². The molecule has 0 fully saturated rings. The summed E-state index contributed by atoms with van der Waals surface area (Å²) in [7, 11) is 0. The highest BCUT2D eigenvalue weighted by Gasteiger charge is 2.06. The molecule has 0 N–H and O–H groups in total. The lowest BCUT2D eigenvalue weighted by Gasteiger charge is -2.12. The van der Waals surface area contributed by atoms with Gasteiger partial charge >= 0.3 is 0 Å². The largest absolute Gasteiger partial charge is 0.261 e. The van der Waals surface area contributed by atoms with E-state index >= 15 is 0 Å². The number of hydrogen-bond donors (Lipinski definition) is 0. The van der Waals surface area contributed by atoms with E-state index in [-0.39, 0.29) is 0 Å². The Morgan fingerprint density at radius 2 is 2.00 bits per heavy atom. The van der Waals surface area contributed by atoms with Crippen molar-refractivity contribution in [3.63, 3.8) is 0 Å². The lowest BCUT2D eigenvalue weighted by molar-refractivity contribution is 0.476. The van der Waals surface area contributed by atoms with Gasteiger partial charge in [-0.25, -0.2) is 0 Å². The van der Waals surface area contributed by atoms with Crippen LogP contribution in [0, 0.1) is 11.8 Å². The molecule has 1 heteroatoms. The fourth-order valence-electron chi connectivity index (χ4n) is 1.21. The molecule has 0 saturated carbocycles. The fraction of sp³-hybridized carbons (Fsp3) is 0.533. The summed E-state index contributed by atoms with van der Waals surface area (Å²) in [5.41, 5.74) is 2.15. The minimum absolute atomic E-state index is 0.525. The van der Waals surface area contributed by atoms with Crippen molar-refractivity contribution in [2.24, 2.45) is 16.8 Å². The Hall–Kier alpha value is -1.11. The normalized spacial score (nSPS) is 17.6. The molecule has 0 aliphatic carbocycles. The predicted molar refractivity (Wildman–Crippen MR) is 74.8 cm³/mol. The fourth-order valence-corrected chi connectivity index (χ4v) is 1.21. The average Bonchev–Trinajstić information content (AvgIpc) is 2.32. The zero-order valence-corrected chi connectivity index (χ0v) is 11.3. The van der Waals surface area contributed by atoms with Gasteiger partial charge in [-0.2, -0.15) is 0 Å². The van der Waals surface area contributed by atoms with E-state index in [1.54, 1.807) is 0 Å². The third kappa shape index (κ3) is 5.69. The molecule has 0 bridgehead atoms. The van der Waals surface area contributed by atoms with Crippen molar-refractivity contribution in [3.8, 4) is 0 Å². The van der Waals surface area contributed by atoms with Crippen LogP contribution in [0.4, 0.5) is 0 Å². The van der Waals surface area contributed by atoms with Gasteiger partial charge in [0, 0.05) is 6.21 Å². The summed E-state index contributed by atoms with van der Waals surface area (Å²) < 4.78 is 0. The summed E-state index contributed by atoms with van der Waals surface area (Å²) in [5.74, 6) is 1.21. The van der Waals surface area contributed by atoms with E-state index < -0.39 is 0 Å². The zero-order valence-electron chi connectivity index (χ0n) is 11.3. The molecule has 0 aromatic heterocycles. The highest BCUT2D eigenvalue weighted by atomic mass is 14.7. The number of allylic oxidation sites excluding steroid dienone is 4. The van der Waals surface area contributed by atoms with Crippen molar-refractivity contribution >= 4 is 6.21 Å². The van der Waals surface area contributed by atoms with E-state index in [2.05, 4.69) is 38.6 Å². The smallest absolute Gasteiger partial charge is 0.0585 e. The maximum Gasteiger partial charge on any atom is 0.0585 e. The molecule has 1 nitrogen and oxygen atoms in total. The van der Waals surface area contributed by atoms with Crippen LogP contribution in [-0.4, -0.2) is 6.21 Å². The molecule has 16 heavy (non-hydrogen) atoms. The third-order valence-corrected chi connectivity index (χ3v) is 2.99. The highest BCUT2D eigenvalue weighted by molar-refractivity contribution is 5.62. The predicted octanol–water partition coefficient (Wildman–Crippen LogP) is 4.78. The molecule has 0 aromatic rings. The van der Waals surface area contributed by atoms with Crippen molar-refractivity contribution in [3.05, 3.63) is 36.1 Å². The Labute approximate surface area is 101 Å². The Morgan fingerprint density at radius 3 is 2.44 bits per heavy atom. The summed E-state index contributed by atoms with van der Waals surface area (Å²) in [6.07, 6.45) is 9.16. The van der Waals surface area contributed by atoms with Gasteiger partial charge in [0.1, 0.15) is 0 Å². The molecule has 0 spiro atoms. The van der Waals surface area contributed by atoms with Gasteiger partial charge in [0.2, 0.25) is 0 Å².